The maximum absolute atomic E-state index is 13.2. The second-order valence-electron chi connectivity index (χ2n) is 8.43. The Balaban J connectivity index is 1.73. The lowest BCUT2D eigenvalue weighted by atomic mass is 9.93. The van der Waals surface area contributed by atoms with E-state index < -0.39 is 17.8 Å². The predicted molar refractivity (Wildman–Crippen MR) is 120 cm³/mol. The molecule has 0 atom stereocenters. The molecule has 4 amide bonds. The quantitative estimate of drug-likeness (QED) is 0.588. The second-order valence-corrected chi connectivity index (χ2v) is 8.43. The summed E-state index contributed by atoms with van der Waals surface area (Å²) in [6, 6.07) is 9.48. The molecule has 0 unspecified atom stereocenters. The van der Waals surface area contributed by atoms with Crippen LogP contribution < -0.4 is 5.32 Å². The number of hydrogen-bond acceptors (Lipinski definition) is 3. The van der Waals surface area contributed by atoms with Crippen LogP contribution in [0.5, 0.6) is 0 Å². The van der Waals surface area contributed by atoms with Crippen LogP contribution in [0, 0.1) is 13.8 Å². The Morgan fingerprint density at radius 1 is 1.06 bits per heavy atom. The fourth-order valence-electron chi connectivity index (χ4n) is 4.83. The SMILES string of the molecule is CCc1ccccc1-n1c(C)cc(C=C2C(=O)NC(=O)N(C3CCCCC3)C2=O)c1C. The van der Waals surface area contributed by atoms with Crippen LogP contribution in [0.1, 0.15) is 61.5 Å². The Hall–Kier alpha value is -3.15. The molecular weight excluding hydrogens is 390 g/mol. The molecule has 1 N–H and O–H groups in total. The van der Waals surface area contributed by atoms with E-state index in [1.807, 2.05) is 32.0 Å². The topological polar surface area (TPSA) is 71.4 Å². The van der Waals surface area contributed by atoms with E-state index in [2.05, 4.69) is 28.9 Å². The summed E-state index contributed by atoms with van der Waals surface area (Å²) >= 11 is 0. The van der Waals surface area contributed by atoms with Gasteiger partial charge in [0.2, 0.25) is 0 Å². The van der Waals surface area contributed by atoms with Gasteiger partial charge in [0.1, 0.15) is 5.57 Å². The summed E-state index contributed by atoms with van der Waals surface area (Å²) in [5, 5.41) is 2.37. The van der Waals surface area contributed by atoms with Gasteiger partial charge in [-0.25, -0.2) is 4.79 Å². The molecule has 1 aromatic heterocycles. The zero-order valence-corrected chi connectivity index (χ0v) is 18.4. The highest BCUT2D eigenvalue weighted by molar-refractivity contribution is 6.31. The largest absolute Gasteiger partial charge is 0.331 e. The minimum Gasteiger partial charge on any atom is -0.318 e. The number of barbiturate groups is 1. The number of urea groups is 1. The molecule has 2 heterocycles. The van der Waals surface area contributed by atoms with Crippen LogP contribution in [0.4, 0.5) is 4.79 Å². The van der Waals surface area contributed by atoms with Crippen molar-refractivity contribution < 1.29 is 14.4 Å². The van der Waals surface area contributed by atoms with Crippen LogP contribution in [0.3, 0.4) is 0 Å². The third-order valence-electron chi connectivity index (χ3n) is 6.46. The van der Waals surface area contributed by atoms with E-state index in [1.54, 1.807) is 6.08 Å². The van der Waals surface area contributed by atoms with Crippen molar-refractivity contribution in [2.45, 2.75) is 65.3 Å². The third-order valence-corrected chi connectivity index (χ3v) is 6.46. The number of nitrogens with one attached hydrogen (secondary N) is 1. The fraction of sp³-hybridized carbons (Fsp3) is 0.400. The van der Waals surface area contributed by atoms with Crippen molar-refractivity contribution in [3.8, 4) is 5.69 Å². The average molecular weight is 420 g/mol. The first-order valence-electron chi connectivity index (χ1n) is 11.1. The van der Waals surface area contributed by atoms with Crippen molar-refractivity contribution in [3.63, 3.8) is 0 Å². The number of imide groups is 2. The van der Waals surface area contributed by atoms with Crippen molar-refractivity contribution in [2.24, 2.45) is 0 Å². The summed E-state index contributed by atoms with van der Waals surface area (Å²) in [7, 11) is 0. The highest BCUT2D eigenvalue weighted by Crippen LogP contribution is 2.29. The first-order chi connectivity index (χ1) is 14.9. The Morgan fingerprint density at radius 3 is 2.48 bits per heavy atom. The Kier molecular flexibility index (Phi) is 5.81. The summed E-state index contributed by atoms with van der Waals surface area (Å²) in [4.78, 5) is 39.5. The zero-order chi connectivity index (χ0) is 22.1. The Morgan fingerprint density at radius 2 is 1.77 bits per heavy atom. The van der Waals surface area contributed by atoms with E-state index in [0.29, 0.717) is 0 Å². The number of nitrogens with zero attached hydrogens (tertiary/aromatic N) is 2. The molecule has 2 aromatic rings. The highest BCUT2D eigenvalue weighted by atomic mass is 16.2. The van der Waals surface area contributed by atoms with E-state index >= 15 is 0 Å². The number of para-hydroxylation sites is 1. The van der Waals surface area contributed by atoms with Crippen LogP contribution >= 0.6 is 0 Å². The molecule has 0 spiro atoms. The van der Waals surface area contributed by atoms with Gasteiger partial charge in [-0.2, -0.15) is 0 Å². The van der Waals surface area contributed by atoms with Crippen molar-refractivity contribution in [1.29, 1.82) is 0 Å². The van der Waals surface area contributed by atoms with Gasteiger partial charge in [-0.05, 0) is 62.4 Å². The van der Waals surface area contributed by atoms with Crippen molar-refractivity contribution >= 4 is 23.9 Å². The standard InChI is InChI=1S/C25H29N3O3/c1-4-18-10-8-9-13-22(18)27-16(2)14-19(17(27)3)15-21-23(29)26-25(31)28(24(21)30)20-11-6-5-7-12-20/h8-10,13-15,20H,4-7,11-12H2,1-3H3,(H,26,29,31). The monoisotopic (exact) mass is 419 g/mol. The number of carbonyl (C=O) groups excluding carboxylic acids is 3. The number of benzene rings is 1. The zero-order valence-electron chi connectivity index (χ0n) is 18.4. The number of hydrogen-bond donors (Lipinski definition) is 1. The molecular formula is C25H29N3O3. The van der Waals surface area contributed by atoms with Crippen molar-refractivity contribution in [1.82, 2.24) is 14.8 Å². The van der Waals surface area contributed by atoms with Gasteiger partial charge in [-0.3, -0.25) is 19.8 Å². The molecule has 162 valence electrons. The number of aryl methyl sites for hydroxylation is 2. The maximum atomic E-state index is 13.2. The molecule has 6 heteroatoms. The molecule has 2 fully saturated rings. The van der Waals surface area contributed by atoms with E-state index in [9.17, 15) is 14.4 Å². The normalized spacial score (nSPS) is 19.3. The average Bonchev–Trinajstić information content (AvgIpc) is 3.04. The van der Waals surface area contributed by atoms with Crippen molar-refractivity contribution in [2.75, 3.05) is 0 Å². The molecule has 2 aliphatic rings. The van der Waals surface area contributed by atoms with Crippen LogP contribution in [0.25, 0.3) is 11.8 Å². The van der Waals surface area contributed by atoms with Gasteiger partial charge in [-0.15, -0.1) is 0 Å². The predicted octanol–water partition coefficient (Wildman–Crippen LogP) is 4.45. The number of aromatic nitrogens is 1. The van der Waals surface area contributed by atoms with Crippen LogP contribution in [-0.2, 0) is 16.0 Å². The van der Waals surface area contributed by atoms with Crippen molar-refractivity contribution in [3.05, 3.63) is 58.4 Å². The first kappa shape index (κ1) is 21.1. The smallest absolute Gasteiger partial charge is 0.318 e. The summed E-state index contributed by atoms with van der Waals surface area (Å²) in [5.41, 5.74) is 5.13. The molecule has 1 saturated carbocycles. The van der Waals surface area contributed by atoms with E-state index in [0.717, 1.165) is 61.2 Å². The lowest BCUT2D eigenvalue weighted by Crippen LogP contribution is -2.58. The lowest BCUT2D eigenvalue weighted by Gasteiger charge is -2.35. The van der Waals surface area contributed by atoms with E-state index in [-0.39, 0.29) is 11.6 Å². The van der Waals surface area contributed by atoms with Crippen LogP contribution in [-0.4, -0.2) is 33.4 Å². The molecule has 1 aromatic carbocycles. The first-order valence-corrected chi connectivity index (χ1v) is 11.1. The molecule has 31 heavy (non-hydrogen) atoms. The lowest BCUT2D eigenvalue weighted by molar-refractivity contribution is -0.132. The molecule has 1 aliphatic heterocycles. The summed E-state index contributed by atoms with van der Waals surface area (Å²) in [6.07, 6.45) is 7.23. The molecule has 6 nitrogen and oxygen atoms in total. The van der Waals surface area contributed by atoms with Gasteiger partial charge in [0, 0.05) is 23.1 Å². The maximum Gasteiger partial charge on any atom is 0.331 e. The summed E-state index contributed by atoms with van der Waals surface area (Å²) < 4.78 is 2.15. The number of carbonyl (C=O) groups is 3. The van der Waals surface area contributed by atoms with Gasteiger partial charge in [0.05, 0.1) is 0 Å². The molecule has 4 rings (SSSR count). The van der Waals surface area contributed by atoms with Gasteiger partial charge >= 0.3 is 6.03 Å². The van der Waals surface area contributed by atoms with Gasteiger partial charge in [0.15, 0.2) is 0 Å². The number of amides is 4. The second kappa shape index (κ2) is 8.53. The minimum absolute atomic E-state index is 0.0224. The fourth-order valence-corrected chi connectivity index (χ4v) is 4.83. The molecule has 1 saturated heterocycles. The molecule has 1 aliphatic carbocycles. The molecule has 0 bridgehead atoms. The Labute approximate surface area is 182 Å². The van der Waals surface area contributed by atoms with Gasteiger partial charge < -0.3 is 4.57 Å². The van der Waals surface area contributed by atoms with E-state index in [4.69, 9.17) is 0 Å². The van der Waals surface area contributed by atoms with Crippen LogP contribution in [0.2, 0.25) is 0 Å². The Bertz CT molecular complexity index is 1070. The summed E-state index contributed by atoms with van der Waals surface area (Å²) in [6.45, 7) is 6.13. The third kappa shape index (κ3) is 3.82. The van der Waals surface area contributed by atoms with Gasteiger partial charge in [0.25, 0.3) is 11.8 Å². The van der Waals surface area contributed by atoms with Crippen LogP contribution in [0.15, 0.2) is 35.9 Å². The summed E-state index contributed by atoms with van der Waals surface area (Å²) in [5.74, 6) is -1.11. The number of rotatable bonds is 4. The minimum atomic E-state index is -0.624. The van der Waals surface area contributed by atoms with E-state index in [1.165, 1.54) is 10.5 Å². The molecule has 0 radical (unpaired) electrons. The van der Waals surface area contributed by atoms with Gasteiger partial charge in [-0.1, -0.05) is 44.4 Å². The highest BCUT2D eigenvalue weighted by Gasteiger charge is 2.40.